The maximum absolute atomic E-state index is 6.15. The Morgan fingerprint density at radius 3 is 3.05 bits per heavy atom. The van der Waals surface area contributed by atoms with E-state index in [9.17, 15) is 0 Å². The minimum absolute atomic E-state index is 0.470. The number of hydrogen-bond donors (Lipinski definition) is 1. The molecule has 1 N–H and O–H groups in total. The van der Waals surface area contributed by atoms with Crippen molar-refractivity contribution in [2.24, 2.45) is 0 Å². The van der Waals surface area contributed by atoms with Crippen molar-refractivity contribution in [3.63, 3.8) is 0 Å². The Kier molecular flexibility index (Phi) is 3.44. The molecule has 0 aliphatic carbocycles. The van der Waals surface area contributed by atoms with Gasteiger partial charge >= 0.3 is 0 Å². The second kappa shape index (κ2) is 5.22. The minimum Gasteiger partial charge on any atom is -0.362 e. The summed E-state index contributed by atoms with van der Waals surface area (Å²) in [6.45, 7) is 1.36. The molecular formula is C12H12ClN5S. The van der Waals surface area contributed by atoms with E-state index in [0.29, 0.717) is 23.5 Å². The molecule has 19 heavy (non-hydrogen) atoms. The predicted octanol–water partition coefficient (Wildman–Crippen LogP) is 2.64. The van der Waals surface area contributed by atoms with Crippen LogP contribution in [0.15, 0.2) is 29.6 Å². The topological polar surface area (TPSA) is 53.9 Å². The molecule has 7 heteroatoms. The smallest absolute Gasteiger partial charge is 0.190 e. The summed E-state index contributed by atoms with van der Waals surface area (Å²) in [7, 11) is 0. The van der Waals surface area contributed by atoms with E-state index < -0.39 is 0 Å². The first-order valence-electron chi connectivity index (χ1n) is 5.78. The molecule has 0 unspecified atom stereocenters. The van der Waals surface area contributed by atoms with Gasteiger partial charge in [-0.25, -0.2) is 9.97 Å². The average molecular weight is 294 g/mol. The van der Waals surface area contributed by atoms with Crippen molar-refractivity contribution >= 4 is 34.9 Å². The third kappa shape index (κ3) is 2.46. The Labute approximate surface area is 120 Å². The molecule has 0 atom stereocenters. The van der Waals surface area contributed by atoms with E-state index in [1.165, 1.54) is 11.8 Å². The lowest BCUT2D eigenvalue weighted by molar-refractivity contribution is 0.817. The maximum Gasteiger partial charge on any atom is 0.190 e. The summed E-state index contributed by atoms with van der Waals surface area (Å²) in [5.41, 5.74) is 1.80. The fraction of sp³-hybridized carbons (Fsp3) is 0.250. The Morgan fingerprint density at radius 1 is 1.42 bits per heavy atom. The molecule has 0 aromatic carbocycles. The summed E-state index contributed by atoms with van der Waals surface area (Å²) >= 11 is 7.63. The molecule has 0 saturated carbocycles. The Morgan fingerprint density at radius 2 is 2.32 bits per heavy atom. The number of hydrogen-bond acceptors (Lipinski definition) is 6. The summed E-state index contributed by atoms with van der Waals surface area (Å²) in [5, 5.41) is 4.37. The van der Waals surface area contributed by atoms with Crippen LogP contribution in [0.1, 0.15) is 5.69 Å². The van der Waals surface area contributed by atoms with Crippen LogP contribution in [0.4, 0.5) is 11.5 Å². The van der Waals surface area contributed by atoms with Gasteiger partial charge < -0.3 is 10.2 Å². The first kappa shape index (κ1) is 12.5. The van der Waals surface area contributed by atoms with Crippen LogP contribution in [0.3, 0.4) is 0 Å². The van der Waals surface area contributed by atoms with Gasteiger partial charge in [-0.05, 0) is 18.4 Å². The zero-order valence-electron chi connectivity index (χ0n) is 10.3. The number of rotatable bonds is 3. The fourth-order valence-corrected chi connectivity index (χ4v) is 2.58. The van der Waals surface area contributed by atoms with Gasteiger partial charge in [0.15, 0.2) is 16.1 Å². The largest absolute Gasteiger partial charge is 0.362 e. The molecule has 1 aliphatic heterocycles. The lowest BCUT2D eigenvalue weighted by atomic mass is 10.3. The van der Waals surface area contributed by atoms with Crippen molar-refractivity contribution in [2.75, 3.05) is 23.1 Å². The van der Waals surface area contributed by atoms with Gasteiger partial charge in [-0.15, -0.1) is 0 Å². The van der Waals surface area contributed by atoms with E-state index in [1.54, 1.807) is 6.20 Å². The highest BCUT2D eigenvalue weighted by Crippen LogP contribution is 2.36. The van der Waals surface area contributed by atoms with E-state index in [-0.39, 0.29) is 0 Å². The van der Waals surface area contributed by atoms with Crippen molar-refractivity contribution < 1.29 is 0 Å². The zero-order chi connectivity index (χ0) is 13.2. The first-order valence-corrected chi connectivity index (χ1v) is 7.38. The molecule has 0 amide bonds. The summed E-state index contributed by atoms with van der Waals surface area (Å²) in [5.74, 6) is 0.843. The lowest BCUT2D eigenvalue weighted by Crippen LogP contribution is -2.23. The van der Waals surface area contributed by atoms with Crippen molar-refractivity contribution in [1.82, 2.24) is 15.0 Å². The number of pyridine rings is 1. The molecule has 0 spiro atoms. The van der Waals surface area contributed by atoms with Crippen molar-refractivity contribution in [3.05, 3.63) is 35.2 Å². The van der Waals surface area contributed by atoms with E-state index in [2.05, 4.69) is 25.2 Å². The fourth-order valence-electron chi connectivity index (χ4n) is 1.94. The zero-order valence-corrected chi connectivity index (χ0v) is 11.9. The van der Waals surface area contributed by atoms with Gasteiger partial charge in [-0.3, -0.25) is 4.98 Å². The molecule has 3 heterocycles. The van der Waals surface area contributed by atoms with Crippen LogP contribution in [0.2, 0.25) is 5.15 Å². The number of halogens is 1. The first-order chi connectivity index (χ1) is 9.28. The van der Waals surface area contributed by atoms with Crippen LogP contribution in [0, 0.1) is 0 Å². The molecule has 2 aromatic heterocycles. The molecule has 0 saturated heterocycles. The highest BCUT2D eigenvalue weighted by Gasteiger charge is 2.24. The van der Waals surface area contributed by atoms with Crippen molar-refractivity contribution in [1.29, 1.82) is 0 Å². The van der Waals surface area contributed by atoms with Crippen molar-refractivity contribution in [2.45, 2.75) is 11.7 Å². The van der Waals surface area contributed by atoms with Crippen LogP contribution in [0.25, 0.3) is 0 Å². The SMILES string of the molecule is CSc1nc(Cl)c2c(n1)N(Cc1ccccn1)CN2. The van der Waals surface area contributed by atoms with Gasteiger partial charge in [-0.1, -0.05) is 29.4 Å². The number of thioether (sulfide) groups is 1. The molecule has 98 valence electrons. The molecular weight excluding hydrogens is 282 g/mol. The van der Waals surface area contributed by atoms with E-state index >= 15 is 0 Å². The number of nitrogens with zero attached hydrogens (tertiary/aromatic N) is 4. The predicted molar refractivity (Wildman–Crippen MR) is 77.7 cm³/mol. The number of aromatic nitrogens is 3. The summed E-state index contributed by atoms with van der Waals surface area (Å²) < 4.78 is 0. The lowest BCUT2D eigenvalue weighted by Gasteiger charge is -2.16. The van der Waals surface area contributed by atoms with Crippen LogP contribution >= 0.6 is 23.4 Å². The van der Waals surface area contributed by atoms with Gasteiger partial charge in [-0.2, -0.15) is 0 Å². The Balaban J connectivity index is 1.91. The monoisotopic (exact) mass is 293 g/mol. The van der Waals surface area contributed by atoms with Gasteiger partial charge in [0.2, 0.25) is 0 Å². The number of fused-ring (bicyclic) bond motifs is 1. The molecule has 0 bridgehead atoms. The summed E-state index contributed by atoms with van der Waals surface area (Å²) in [4.78, 5) is 15.2. The highest BCUT2D eigenvalue weighted by atomic mass is 35.5. The molecule has 0 fully saturated rings. The molecule has 0 radical (unpaired) electrons. The van der Waals surface area contributed by atoms with E-state index in [0.717, 1.165) is 17.2 Å². The molecule has 1 aliphatic rings. The quantitative estimate of drug-likeness (QED) is 0.533. The molecule has 3 rings (SSSR count). The average Bonchev–Trinajstić information content (AvgIpc) is 2.83. The normalized spacial score (nSPS) is 13.3. The van der Waals surface area contributed by atoms with Crippen LogP contribution in [0.5, 0.6) is 0 Å². The second-order valence-electron chi connectivity index (χ2n) is 4.05. The third-order valence-corrected chi connectivity index (χ3v) is 3.65. The standard InChI is InChI=1S/C12H12ClN5S/c1-19-12-16-10(13)9-11(17-12)18(7-15-9)6-8-4-2-3-5-14-8/h2-5,15H,6-7H2,1H3. The number of anilines is 2. The van der Waals surface area contributed by atoms with E-state index in [4.69, 9.17) is 11.6 Å². The minimum atomic E-state index is 0.470. The Hall–Kier alpha value is -1.53. The van der Waals surface area contributed by atoms with Gasteiger partial charge in [0.1, 0.15) is 5.69 Å². The number of nitrogens with one attached hydrogen (secondary N) is 1. The molecule has 2 aromatic rings. The summed E-state index contributed by atoms with van der Waals surface area (Å²) in [6.07, 6.45) is 3.73. The maximum atomic E-state index is 6.15. The van der Waals surface area contributed by atoms with Gasteiger partial charge in [0.05, 0.1) is 18.9 Å². The van der Waals surface area contributed by atoms with Gasteiger partial charge in [0, 0.05) is 6.20 Å². The highest BCUT2D eigenvalue weighted by molar-refractivity contribution is 7.98. The third-order valence-electron chi connectivity index (χ3n) is 2.83. The van der Waals surface area contributed by atoms with Crippen LogP contribution < -0.4 is 10.2 Å². The summed E-state index contributed by atoms with van der Waals surface area (Å²) in [6, 6.07) is 5.88. The van der Waals surface area contributed by atoms with E-state index in [1.807, 2.05) is 24.5 Å². The molecule has 5 nitrogen and oxygen atoms in total. The van der Waals surface area contributed by atoms with Crippen molar-refractivity contribution in [3.8, 4) is 0 Å². The Bertz CT molecular complexity index is 592. The second-order valence-corrected chi connectivity index (χ2v) is 5.19. The van der Waals surface area contributed by atoms with Crippen LogP contribution in [-0.4, -0.2) is 27.9 Å². The van der Waals surface area contributed by atoms with Crippen LogP contribution in [-0.2, 0) is 6.54 Å². The van der Waals surface area contributed by atoms with Gasteiger partial charge in [0.25, 0.3) is 0 Å².